The molecular weight excluding hydrogens is 493 g/mol. The Hall–Kier alpha value is -4.05. The summed E-state index contributed by atoms with van der Waals surface area (Å²) >= 11 is 0. The summed E-state index contributed by atoms with van der Waals surface area (Å²) in [4.78, 5) is 9.05. The van der Waals surface area contributed by atoms with Crippen LogP contribution in [0.4, 0.5) is 4.39 Å². The lowest BCUT2D eigenvalue weighted by atomic mass is 9.71. The van der Waals surface area contributed by atoms with Crippen LogP contribution in [0.3, 0.4) is 0 Å². The van der Waals surface area contributed by atoms with E-state index in [-0.39, 0.29) is 17.2 Å². The number of hydrogen-bond donors (Lipinski definition) is 1. The van der Waals surface area contributed by atoms with Crippen molar-refractivity contribution in [2.24, 2.45) is 10.4 Å². The van der Waals surface area contributed by atoms with Crippen molar-refractivity contribution >= 4 is 5.84 Å². The zero-order valence-corrected chi connectivity index (χ0v) is 24.7. The monoisotopic (exact) mass is 535 g/mol. The summed E-state index contributed by atoms with van der Waals surface area (Å²) in [5.74, 6) is 0.744. The standard InChI is InChI=1S/C34H36FN3.C2H6/c1-5-32(23-26-11-13-27(14-12-26)28-19-21-36-22-20-28)38-25(2)37-24-34(3,4)33(29-9-7-6-8-10-29)30-15-17-31(35)18-16-30;1-2/h5-22,33H,23-24H2,1-4H3,(H,37,38);1-2H3/b32-5-;. The zero-order chi connectivity index (χ0) is 29.0. The zero-order valence-electron chi connectivity index (χ0n) is 24.7. The highest BCUT2D eigenvalue weighted by Crippen LogP contribution is 2.41. The molecule has 1 atom stereocenters. The average molecular weight is 536 g/mol. The third kappa shape index (κ3) is 8.47. The lowest BCUT2D eigenvalue weighted by molar-refractivity contribution is 0.330. The van der Waals surface area contributed by atoms with Crippen LogP contribution < -0.4 is 5.32 Å². The molecule has 0 saturated carbocycles. The normalized spacial score (nSPS) is 12.8. The molecule has 1 aromatic heterocycles. The van der Waals surface area contributed by atoms with Gasteiger partial charge in [0.2, 0.25) is 0 Å². The number of amidine groups is 1. The van der Waals surface area contributed by atoms with E-state index in [9.17, 15) is 4.39 Å². The smallest absolute Gasteiger partial charge is 0.123 e. The minimum Gasteiger partial charge on any atom is -0.348 e. The summed E-state index contributed by atoms with van der Waals surface area (Å²) in [7, 11) is 0. The van der Waals surface area contributed by atoms with E-state index in [0.29, 0.717) is 6.54 Å². The van der Waals surface area contributed by atoms with Gasteiger partial charge in [0.25, 0.3) is 0 Å². The molecular formula is C36H42FN3. The molecule has 0 saturated heterocycles. The Bertz CT molecular complexity index is 1360. The molecule has 1 unspecified atom stereocenters. The quantitative estimate of drug-likeness (QED) is 0.171. The number of aromatic nitrogens is 1. The molecule has 4 rings (SSSR count). The molecule has 0 aliphatic carbocycles. The van der Waals surface area contributed by atoms with Gasteiger partial charge in [-0.3, -0.25) is 9.98 Å². The fourth-order valence-electron chi connectivity index (χ4n) is 4.88. The van der Waals surface area contributed by atoms with Crippen LogP contribution in [-0.4, -0.2) is 17.4 Å². The molecule has 0 aliphatic rings. The highest BCUT2D eigenvalue weighted by Gasteiger charge is 2.32. The van der Waals surface area contributed by atoms with Gasteiger partial charge in [0.15, 0.2) is 0 Å². The van der Waals surface area contributed by atoms with Crippen LogP contribution in [0.1, 0.15) is 64.2 Å². The predicted molar refractivity (Wildman–Crippen MR) is 168 cm³/mol. The Labute approximate surface area is 239 Å². The number of aliphatic imine (C=N–C) groups is 1. The first-order valence-corrected chi connectivity index (χ1v) is 14.1. The lowest BCUT2D eigenvalue weighted by Gasteiger charge is -2.34. The minimum atomic E-state index is -0.220. The fraction of sp³-hybridized carbons (Fsp3) is 0.278. The summed E-state index contributed by atoms with van der Waals surface area (Å²) in [5, 5.41) is 3.51. The van der Waals surface area contributed by atoms with Gasteiger partial charge in [-0.25, -0.2) is 4.39 Å². The number of halogens is 1. The molecule has 0 radical (unpaired) electrons. The predicted octanol–water partition coefficient (Wildman–Crippen LogP) is 9.23. The maximum Gasteiger partial charge on any atom is 0.123 e. The highest BCUT2D eigenvalue weighted by molar-refractivity contribution is 5.81. The van der Waals surface area contributed by atoms with Gasteiger partial charge in [-0.1, -0.05) is 101 Å². The Kier molecular flexibility index (Phi) is 11.4. The van der Waals surface area contributed by atoms with Gasteiger partial charge in [0, 0.05) is 37.0 Å². The van der Waals surface area contributed by atoms with Crippen molar-refractivity contribution in [3.63, 3.8) is 0 Å². The molecule has 1 heterocycles. The summed E-state index contributed by atoms with van der Waals surface area (Å²) in [6.45, 7) is 13.1. The summed E-state index contributed by atoms with van der Waals surface area (Å²) in [5.41, 5.74) is 6.79. The van der Waals surface area contributed by atoms with Gasteiger partial charge in [-0.2, -0.15) is 0 Å². The topological polar surface area (TPSA) is 37.3 Å². The summed E-state index contributed by atoms with van der Waals surface area (Å²) in [6, 6.07) is 30.0. The molecule has 3 aromatic carbocycles. The molecule has 3 nitrogen and oxygen atoms in total. The number of nitrogens with one attached hydrogen (secondary N) is 1. The molecule has 0 spiro atoms. The maximum absolute atomic E-state index is 13.7. The van der Waals surface area contributed by atoms with Crippen molar-refractivity contribution < 1.29 is 4.39 Å². The Morgan fingerprint density at radius 3 is 2.02 bits per heavy atom. The van der Waals surface area contributed by atoms with Gasteiger partial charge in [-0.05, 0) is 71.3 Å². The van der Waals surface area contributed by atoms with E-state index in [1.165, 1.54) is 16.7 Å². The first kappa shape index (κ1) is 30.5. The van der Waals surface area contributed by atoms with Crippen LogP contribution in [0, 0.1) is 11.2 Å². The number of hydrogen-bond acceptors (Lipinski definition) is 2. The van der Waals surface area contributed by atoms with Crippen molar-refractivity contribution in [2.75, 3.05) is 6.54 Å². The maximum atomic E-state index is 13.7. The van der Waals surface area contributed by atoms with E-state index < -0.39 is 0 Å². The number of rotatable bonds is 9. The van der Waals surface area contributed by atoms with E-state index in [4.69, 9.17) is 4.99 Å². The molecule has 208 valence electrons. The third-order valence-corrected chi connectivity index (χ3v) is 6.89. The second kappa shape index (κ2) is 14.9. The number of pyridine rings is 1. The Morgan fingerprint density at radius 1 is 0.850 bits per heavy atom. The molecule has 0 fully saturated rings. The second-order valence-corrected chi connectivity index (χ2v) is 10.3. The van der Waals surface area contributed by atoms with Crippen LogP contribution in [0.2, 0.25) is 0 Å². The Morgan fingerprint density at radius 2 is 1.43 bits per heavy atom. The number of allylic oxidation sites excluding steroid dienone is 2. The van der Waals surface area contributed by atoms with Crippen LogP contribution in [0.25, 0.3) is 11.1 Å². The summed E-state index contributed by atoms with van der Waals surface area (Å²) in [6.07, 6.45) is 6.53. The van der Waals surface area contributed by atoms with Gasteiger partial charge in [0.1, 0.15) is 5.82 Å². The van der Waals surface area contributed by atoms with E-state index in [1.54, 1.807) is 12.1 Å². The first-order valence-electron chi connectivity index (χ1n) is 14.1. The number of benzene rings is 3. The van der Waals surface area contributed by atoms with Crippen molar-refractivity contribution in [1.29, 1.82) is 0 Å². The van der Waals surface area contributed by atoms with Crippen molar-refractivity contribution in [3.8, 4) is 11.1 Å². The van der Waals surface area contributed by atoms with Crippen LogP contribution in [-0.2, 0) is 6.42 Å². The first-order chi connectivity index (χ1) is 19.4. The van der Waals surface area contributed by atoms with Crippen LogP contribution in [0.5, 0.6) is 0 Å². The highest BCUT2D eigenvalue weighted by atomic mass is 19.1. The largest absolute Gasteiger partial charge is 0.348 e. The van der Waals surface area contributed by atoms with E-state index >= 15 is 0 Å². The van der Waals surface area contributed by atoms with E-state index in [0.717, 1.165) is 29.1 Å². The van der Waals surface area contributed by atoms with E-state index in [2.05, 4.69) is 78.8 Å². The lowest BCUT2D eigenvalue weighted by Crippen LogP contribution is -2.29. The van der Waals surface area contributed by atoms with Crippen molar-refractivity contribution in [1.82, 2.24) is 10.3 Å². The van der Waals surface area contributed by atoms with Gasteiger partial charge < -0.3 is 5.32 Å². The van der Waals surface area contributed by atoms with Crippen LogP contribution >= 0.6 is 0 Å². The fourth-order valence-corrected chi connectivity index (χ4v) is 4.88. The minimum absolute atomic E-state index is 0.0842. The molecule has 4 heteroatoms. The average Bonchev–Trinajstić information content (AvgIpc) is 2.99. The van der Waals surface area contributed by atoms with E-state index in [1.807, 2.05) is 70.4 Å². The van der Waals surface area contributed by atoms with Gasteiger partial charge >= 0.3 is 0 Å². The molecule has 0 aliphatic heterocycles. The second-order valence-electron chi connectivity index (χ2n) is 10.3. The van der Waals surface area contributed by atoms with Gasteiger partial charge in [0.05, 0.1) is 5.84 Å². The summed E-state index contributed by atoms with van der Waals surface area (Å²) < 4.78 is 13.7. The molecule has 0 amide bonds. The third-order valence-electron chi connectivity index (χ3n) is 6.89. The molecule has 1 N–H and O–H groups in total. The van der Waals surface area contributed by atoms with Crippen molar-refractivity contribution in [2.45, 2.75) is 53.9 Å². The molecule has 4 aromatic rings. The van der Waals surface area contributed by atoms with Crippen LogP contribution in [0.15, 0.2) is 120 Å². The molecule has 0 bridgehead atoms. The SMILES string of the molecule is C/C=C(/Cc1ccc(-c2ccncc2)cc1)NC(C)=NCC(C)(C)C(c1ccccc1)c1ccc(F)cc1.CC. The number of nitrogens with zero attached hydrogens (tertiary/aromatic N) is 2. The van der Waals surface area contributed by atoms with Gasteiger partial charge in [-0.15, -0.1) is 0 Å². The Balaban J connectivity index is 0.00000216. The molecule has 40 heavy (non-hydrogen) atoms. The van der Waals surface area contributed by atoms with Crippen molar-refractivity contribution in [3.05, 3.63) is 138 Å².